The summed E-state index contributed by atoms with van der Waals surface area (Å²) in [7, 11) is 0. The lowest BCUT2D eigenvalue weighted by atomic mass is 9.33. The van der Waals surface area contributed by atoms with Gasteiger partial charge in [0.25, 0.3) is 0 Å². The van der Waals surface area contributed by atoms with Gasteiger partial charge in [-0.05, 0) is 122 Å². The number of allylic oxidation sites excluding steroid dienone is 1. The minimum Gasteiger partial charge on any atom is -0.481 e. The highest BCUT2D eigenvalue weighted by Gasteiger charge is 2.71. The molecule has 1 heterocycles. The number of carboxylic acids is 1. The fourth-order valence-corrected chi connectivity index (χ4v) is 12.3. The van der Waals surface area contributed by atoms with Crippen LogP contribution in [0.5, 0.6) is 0 Å². The molecule has 0 aromatic carbocycles. The van der Waals surface area contributed by atoms with Crippen LogP contribution in [0.2, 0.25) is 0 Å². The molecule has 5 aliphatic rings. The third-order valence-corrected chi connectivity index (χ3v) is 15.1. The Bertz CT molecular complexity index is 1580. The summed E-state index contributed by atoms with van der Waals surface area (Å²) in [6.45, 7) is 19.3. The quantitative estimate of drug-likeness (QED) is 0.280. The number of ether oxygens (including phenoxy) is 1. The van der Waals surface area contributed by atoms with Crippen molar-refractivity contribution in [3.05, 3.63) is 29.7 Å². The monoisotopic (exact) mass is 675 g/mol. The van der Waals surface area contributed by atoms with E-state index in [4.69, 9.17) is 4.74 Å². The maximum absolute atomic E-state index is 14.3. The molecule has 8 atom stereocenters. The van der Waals surface area contributed by atoms with Gasteiger partial charge in [0.1, 0.15) is 18.2 Å². The predicted octanol–water partition coefficient (Wildman–Crippen LogP) is 7.81. The van der Waals surface area contributed by atoms with Crippen LogP contribution in [-0.2, 0) is 23.9 Å². The number of ketones is 1. The highest BCUT2D eigenvalue weighted by molar-refractivity contribution is 6.09. The van der Waals surface area contributed by atoms with Crippen LogP contribution >= 0.6 is 0 Å². The average molecular weight is 676 g/mol. The van der Waals surface area contributed by atoms with E-state index in [1.54, 1.807) is 26.1 Å². The van der Waals surface area contributed by atoms with Crippen molar-refractivity contribution in [1.82, 2.24) is 9.97 Å². The third-order valence-electron chi connectivity index (χ3n) is 15.1. The largest absolute Gasteiger partial charge is 0.481 e. The number of amides is 1. The fourth-order valence-electron chi connectivity index (χ4n) is 12.3. The number of anilines is 1. The zero-order valence-electron chi connectivity index (χ0n) is 31.1. The number of carbonyl (C=O) groups excluding carboxylic acids is 3. The molecule has 6 rings (SSSR count). The van der Waals surface area contributed by atoms with E-state index in [0.29, 0.717) is 24.1 Å². The SMILES string of the molecule is CC(C)C1=C2C3CCC4[C@@]5(C)CC[C@H](OC(=O)CC(C)(C)C(=O)O)C(C)(C)C5CC[C@@]4(C)[C@]3(C)CC[C@@]2(C(=O)Nc2ccncn2)CC1=O. The summed E-state index contributed by atoms with van der Waals surface area (Å²) in [5, 5.41) is 12.7. The number of carboxylic acid groups (broad SMARTS) is 1. The molecular formula is C40H57N3O6. The minimum absolute atomic E-state index is 0.00227. The van der Waals surface area contributed by atoms with E-state index in [0.717, 1.165) is 56.1 Å². The molecule has 9 heteroatoms. The van der Waals surface area contributed by atoms with Crippen molar-refractivity contribution in [3.63, 3.8) is 0 Å². The smallest absolute Gasteiger partial charge is 0.309 e. The number of carbonyl (C=O) groups is 4. The van der Waals surface area contributed by atoms with Gasteiger partial charge in [0, 0.05) is 18.0 Å². The van der Waals surface area contributed by atoms with Crippen LogP contribution in [0.4, 0.5) is 5.82 Å². The van der Waals surface area contributed by atoms with Crippen molar-refractivity contribution >= 4 is 29.4 Å². The Kier molecular flexibility index (Phi) is 8.55. The van der Waals surface area contributed by atoms with Gasteiger partial charge in [-0.2, -0.15) is 0 Å². The molecule has 0 radical (unpaired) electrons. The highest BCUT2D eigenvalue weighted by Crippen LogP contribution is 2.76. The zero-order valence-corrected chi connectivity index (χ0v) is 31.1. The first-order chi connectivity index (χ1) is 22.7. The van der Waals surface area contributed by atoms with Crippen molar-refractivity contribution < 1.29 is 29.0 Å². The summed E-state index contributed by atoms with van der Waals surface area (Å²) in [5.74, 6) is 0.0128. The summed E-state index contributed by atoms with van der Waals surface area (Å²) in [6, 6.07) is 1.70. The number of Topliss-reactive ketones (excluding diaryl/α,β-unsaturated/α-hetero) is 1. The first kappa shape index (κ1) is 35.7. The molecule has 9 nitrogen and oxygen atoms in total. The molecule has 5 aliphatic carbocycles. The summed E-state index contributed by atoms with van der Waals surface area (Å²) >= 11 is 0. The van der Waals surface area contributed by atoms with Crippen LogP contribution in [0.1, 0.15) is 127 Å². The normalized spacial score (nSPS) is 38.2. The summed E-state index contributed by atoms with van der Waals surface area (Å²) in [5.41, 5.74) is -0.344. The second-order valence-corrected chi connectivity index (χ2v) is 18.5. The molecule has 1 aromatic heterocycles. The molecule has 2 N–H and O–H groups in total. The van der Waals surface area contributed by atoms with Gasteiger partial charge >= 0.3 is 11.9 Å². The molecule has 0 aliphatic heterocycles. The number of nitrogens with zero attached hydrogens (tertiary/aromatic N) is 2. The van der Waals surface area contributed by atoms with E-state index in [2.05, 4.69) is 63.8 Å². The Balaban J connectivity index is 1.31. The molecule has 268 valence electrons. The van der Waals surface area contributed by atoms with E-state index >= 15 is 0 Å². The highest BCUT2D eigenvalue weighted by atomic mass is 16.5. The van der Waals surface area contributed by atoms with Gasteiger partial charge in [-0.25, -0.2) is 9.97 Å². The molecule has 4 saturated carbocycles. The van der Waals surface area contributed by atoms with Crippen LogP contribution in [0.3, 0.4) is 0 Å². The molecule has 3 unspecified atom stereocenters. The number of nitrogens with one attached hydrogen (secondary N) is 1. The fraction of sp³-hybridized carbons (Fsp3) is 0.750. The predicted molar refractivity (Wildman–Crippen MR) is 186 cm³/mol. The number of fused-ring (bicyclic) bond motifs is 7. The van der Waals surface area contributed by atoms with Crippen molar-refractivity contribution in [3.8, 4) is 0 Å². The van der Waals surface area contributed by atoms with Crippen LogP contribution < -0.4 is 5.32 Å². The van der Waals surface area contributed by atoms with Gasteiger partial charge in [-0.15, -0.1) is 0 Å². The van der Waals surface area contributed by atoms with Crippen molar-refractivity contribution in [1.29, 1.82) is 0 Å². The molecule has 0 saturated heterocycles. The average Bonchev–Trinajstić information content (AvgIpc) is 3.32. The Morgan fingerprint density at radius 3 is 2.33 bits per heavy atom. The number of hydrogen-bond acceptors (Lipinski definition) is 7. The maximum atomic E-state index is 14.3. The molecule has 4 fully saturated rings. The van der Waals surface area contributed by atoms with Crippen molar-refractivity contribution in [2.75, 3.05) is 5.32 Å². The molecule has 1 aromatic rings. The number of hydrogen-bond donors (Lipinski definition) is 2. The second kappa shape index (κ2) is 11.7. The number of esters is 1. The third kappa shape index (κ3) is 5.21. The van der Waals surface area contributed by atoms with E-state index in [1.807, 2.05) is 0 Å². The van der Waals surface area contributed by atoms with Gasteiger partial charge in [-0.3, -0.25) is 19.2 Å². The van der Waals surface area contributed by atoms with E-state index in [9.17, 15) is 24.3 Å². The summed E-state index contributed by atoms with van der Waals surface area (Å²) in [4.78, 5) is 61.2. The topological polar surface area (TPSA) is 136 Å². The van der Waals surface area contributed by atoms with Gasteiger partial charge in [0.2, 0.25) is 5.91 Å². The summed E-state index contributed by atoms with van der Waals surface area (Å²) in [6.07, 6.45) is 10.2. The minimum atomic E-state index is -1.17. The van der Waals surface area contributed by atoms with Crippen molar-refractivity contribution in [2.24, 2.45) is 56.2 Å². The van der Waals surface area contributed by atoms with E-state index < -0.39 is 22.8 Å². The van der Waals surface area contributed by atoms with Gasteiger partial charge in [-0.1, -0.05) is 48.5 Å². The van der Waals surface area contributed by atoms with Gasteiger partial charge in [0.15, 0.2) is 5.78 Å². The molecular weight excluding hydrogens is 618 g/mol. The van der Waals surface area contributed by atoms with Crippen LogP contribution in [0.15, 0.2) is 29.7 Å². The number of aromatic nitrogens is 2. The van der Waals surface area contributed by atoms with Crippen LogP contribution in [0.25, 0.3) is 0 Å². The van der Waals surface area contributed by atoms with E-state index in [-0.39, 0.29) is 64.1 Å². The maximum Gasteiger partial charge on any atom is 0.309 e. The van der Waals surface area contributed by atoms with Crippen LogP contribution in [0, 0.1) is 56.2 Å². The lowest BCUT2D eigenvalue weighted by molar-refractivity contribution is -0.233. The Morgan fingerprint density at radius 1 is 0.980 bits per heavy atom. The van der Waals surface area contributed by atoms with Crippen molar-refractivity contribution in [2.45, 2.75) is 133 Å². The van der Waals surface area contributed by atoms with Gasteiger partial charge < -0.3 is 15.2 Å². The molecule has 49 heavy (non-hydrogen) atoms. The lowest BCUT2D eigenvalue weighted by Gasteiger charge is -2.72. The number of rotatable bonds is 7. The molecule has 0 bridgehead atoms. The van der Waals surface area contributed by atoms with Gasteiger partial charge in [0.05, 0.1) is 17.3 Å². The molecule has 0 spiro atoms. The Hall–Kier alpha value is -3.10. The Morgan fingerprint density at radius 2 is 1.69 bits per heavy atom. The second-order valence-electron chi connectivity index (χ2n) is 18.5. The number of aliphatic carboxylic acids is 1. The first-order valence-corrected chi connectivity index (χ1v) is 18.5. The van der Waals surface area contributed by atoms with E-state index in [1.165, 1.54) is 6.33 Å². The Labute approximate surface area is 291 Å². The standard InChI is InChI=1S/C40H57N3O6/c1-23(2)31-25(44)20-40(33(46)43-29-14-19-41-22-42-29)18-17-38(8)24(32(31)40)10-11-27-37(7)15-13-28(49-30(45)21-35(3,4)34(47)48)36(5,6)26(37)12-16-39(27,38)9/h14,19,22-24,26-28H,10-13,15-18,20-21H2,1-9H3,(H,47,48)(H,41,42,43,46)/t24?,26?,27?,28-,37-,38+,39+,40+/m0/s1. The van der Waals surface area contributed by atoms with Crippen LogP contribution in [-0.4, -0.2) is 44.8 Å². The zero-order chi connectivity index (χ0) is 35.9. The lowest BCUT2D eigenvalue weighted by Crippen LogP contribution is -2.66. The summed E-state index contributed by atoms with van der Waals surface area (Å²) < 4.78 is 6.14. The first-order valence-electron chi connectivity index (χ1n) is 18.5. The molecule has 1 amide bonds.